The van der Waals surface area contributed by atoms with Crippen molar-refractivity contribution in [2.75, 3.05) is 11.9 Å². The highest BCUT2D eigenvalue weighted by Crippen LogP contribution is 2.39. The Kier molecular flexibility index (Phi) is 9.37. The number of allylic oxidation sites excluding steroid dienone is 2. The van der Waals surface area contributed by atoms with Gasteiger partial charge in [0.25, 0.3) is 0 Å². The number of carbonyl (C=O) groups excluding carboxylic acids is 1. The van der Waals surface area contributed by atoms with Crippen LogP contribution in [0, 0.1) is 11.8 Å². The number of aromatic nitrogens is 2. The standard InChI is InChI=1S/C26H38FN5O3/c1-4-19(12-24(33)34)22-10-11-26(13-23(22)27,31-25(35)30-20-14-28-17-29-15-20)32(16-18(2)3)21-8-6-5-7-9-21/h10-11,14-15,17-19,21H,4-9,12-13,16H2,1-3H3,(H,33,34)(H2,30,31,35). The number of aliphatic carboxylic acids is 1. The summed E-state index contributed by atoms with van der Waals surface area (Å²) in [5.41, 5.74) is -0.212. The molecule has 2 amide bonds. The van der Waals surface area contributed by atoms with Gasteiger partial charge in [-0.15, -0.1) is 0 Å². The molecule has 8 nitrogen and oxygen atoms in total. The average molecular weight is 488 g/mol. The van der Waals surface area contributed by atoms with E-state index in [1.54, 1.807) is 6.08 Å². The van der Waals surface area contributed by atoms with Gasteiger partial charge in [-0.25, -0.2) is 19.2 Å². The average Bonchev–Trinajstić information content (AvgIpc) is 2.82. The van der Waals surface area contributed by atoms with Gasteiger partial charge in [-0.2, -0.15) is 0 Å². The fraction of sp³-hybridized carbons (Fsp3) is 0.615. The number of urea groups is 1. The largest absolute Gasteiger partial charge is 0.481 e. The third-order valence-corrected chi connectivity index (χ3v) is 6.87. The number of carboxylic acid groups (broad SMARTS) is 1. The summed E-state index contributed by atoms with van der Waals surface area (Å²) < 4.78 is 15.8. The van der Waals surface area contributed by atoms with Crippen LogP contribution in [0.3, 0.4) is 0 Å². The van der Waals surface area contributed by atoms with Crippen molar-refractivity contribution in [2.45, 2.75) is 83.8 Å². The van der Waals surface area contributed by atoms with E-state index >= 15 is 4.39 Å². The van der Waals surface area contributed by atoms with E-state index in [1.807, 2.05) is 13.0 Å². The van der Waals surface area contributed by atoms with Crippen LogP contribution in [0.1, 0.15) is 72.1 Å². The highest BCUT2D eigenvalue weighted by molar-refractivity contribution is 5.89. The molecule has 0 saturated heterocycles. The normalized spacial score (nSPS) is 21.9. The Labute approximate surface area is 207 Å². The molecule has 2 atom stereocenters. The van der Waals surface area contributed by atoms with Gasteiger partial charge < -0.3 is 15.7 Å². The maximum atomic E-state index is 15.8. The maximum absolute atomic E-state index is 15.8. The fourth-order valence-electron chi connectivity index (χ4n) is 5.26. The molecule has 1 saturated carbocycles. The Hall–Kier alpha value is -2.81. The molecular weight excluding hydrogens is 449 g/mol. The van der Waals surface area contributed by atoms with Crippen LogP contribution in [0.5, 0.6) is 0 Å². The Balaban J connectivity index is 1.95. The van der Waals surface area contributed by atoms with Crippen molar-refractivity contribution in [3.63, 3.8) is 0 Å². The molecule has 0 spiro atoms. The molecule has 35 heavy (non-hydrogen) atoms. The predicted octanol–water partition coefficient (Wildman–Crippen LogP) is 5.27. The SMILES string of the molecule is CCC(CC(=O)O)C1=C(F)CC(NC(=O)Nc2cncnc2)(N(CC(C)C)C2CCCCC2)C=C1. The molecule has 3 N–H and O–H groups in total. The molecular formula is C26H38FN5O3. The smallest absolute Gasteiger partial charge is 0.321 e. The Morgan fingerprint density at radius 3 is 2.49 bits per heavy atom. The second-order valence-electron chi connectivity index (χ2n) is 10.0. The first-order valence-corrected chi connectivity index (χ1v) is 12.6. The third-order valence-electron chi connectivity index (χ3n) is 6.87. The quantitative estimate of drug-likeness (QED) is 0.388. The Morgan fingerprint density at radius 2 is 1.91 bits per heavy atom. The van der Waals surface area contributed by atoms with Crippen molar-refractivity contribution in [1.82, 2.24) is 20.2 Å². The molecule has 0 aromatic carbocycles. The van der Waals surface area contributed by atoms with Crippen LogP contribution in [-0.2, 0) is 4.79 Å². The first-order valence-electron chi connectivity index (χ1n) is 12.6. The van der Waals surface area contributed by atoms with Gasteiger partial charge in [-0.05, 0) is 42.7 Å². The van der Waals surface area contributed by atoms with Gasteiger partial charge in [0.05, 0.1) is 24.5 Å². The minimum atomic E-state index is -1.07. The van der Waals surface area contributed by atoms with Crippen molar-refractivity contribution in [3.8, 4) is 0 Å². The Morgan fingerprint density at radius 1 is 1.23 bits per heavy atom. The van der Waals surface area contributed by atoms with E-state index in [-0.39, 0.29) is 24.7 Å². The summed E-state index contributed by atoms with van der Waals surface area (Å²) in [6.45, 7) is 6.80. The maximum Gasteiger partial charge on any atom is 0.321 e. The Bertz CT molecular complexity index is 930. The molecule has 0 bridgehead atoms. The van der Waals surface area contributed by atoms with Crippen molar-refractivity contribution < 1.29 is 19.1 Å². The summed E-state index contributed by atoms with van der Waals surface area (Å²) in [4.78, 5) is 34.6. The summed E-state index contributed by atoms with van der Waals surface area (Å²) in [6, 6.07) is -0.255. The topological polar surface area (TPSA) is 107 Å². The van der Waals surface area contributed by atoms with Crippen molar-refractivity contribution in [3.05, 3.63) is 42.3 Å². The van der Waals surface area contributed by atoms with Crippen LogP contribution in [0.15, 0.2) is 42.3 Å². The molecule has 0 aliphatic heterocycles. The van der Waals surface area contributed by atoms with Gasteiger partial charge in [0.1, 0.15) is 17.8 Å². The molecule has 2 unspecified atom stereocenters. The summed E-state index contributed by atoms with van der Waals surface area (Å²) in [6.07, 6.45) is 13.7. The van der Waals surface area contributed by atoms with Crippen molar-refractivity contribution >= 4 is 17.7 Å². The van der Waals surface area contributed by atoms with Gasteiger partial charge in [0.2, 0.25) is 0 Å². The second kappa shape index (κ2) is 12.2. The molecule has 1 fully saturated rings. The van der Waals surface area contributed by atoms with E-state index in [0.29, 0.717) is 30.1 Å². The lowest BCUT2D eigenvalue weighted by Crippen LogP contribution is -2.64. The minimum absolute atomic E-state index is 0.0448. The molecule has 1 aromatic heterocycles. The number of halogens is 1. The minimum Gasteiger partial charge on any atom is -0.481 e. The van der Waals surface area contributed by atoms with E-state index in [4.69, 9.17) is 0 Å². The van der Waals surface area contributed by atoms with Crippen LogP contribution in [-0.4, -0.2) is 50.2 Å². The second-order valence-corrected chi connectivity index (χ2v) is 10.0. The predicted molar refractivity (Wildman–Crippen MR) is 133 cm³/mol. The number of rotatable bonds is 10. The molecule has 1 heterocycles. The number of carbonyl (C=O) groups is 2. The first kappa shape index (κ1) is 26.8. The number of nitrogens with one attached hydrogen (secondary N) is 2. The molecule has 9 heteroatoms. The third kappa shape index (κ3) is 7.10. The summed E-state index contributed by atoms with van der Waals surface area (Å²) in [5, 5.41) is 15.1. The van der Waals surface area contributed by atoms with Gasteiger partial charge in [0, 0.05) is 19.0 Å². The van der Waals surface area contributed by atoms with E-state index < -0.39 is 23.6 Å². The number of anilines is 1. The zero-order chi connectivity index (χ0) is 25.4. The highest BCUT2D eigenvalue weighted by atomic mass is 19.1. The van der Waals surface area contributed by atoms with Crippen LogP contribution in [0.2, 0.25) is 0 Å². The van der Waals surface area contributed by atoms with E-state index in [2.05, 4.69) is 39.3 Å². The molecule has 2 aliphatic carbocycles. The lowest BCUT2D eigenvalue weighted by atomic mass is 9.83. The van der Waals surface area contributed by atoms with Crippen LogP contribution in [0.4, 0.5) is 14.9 Å². The van der Waals surface area contributed by atoms with E-state index in [1.165, 1.54) is 25.1 Å². The van der Waals surface area contributed by atoms with Gasteiger partial charge in [-0.1, -0.05) is 46.1 Å². The summed E-state index contributed by atoms with van der Waals surface area (Å²) in [7, 11) is 0. The molecule has 2 aliphatic rings. The van der Waals surface area contributed by atoms with Gasteiger partial charge in [0.15, 0.2) is 0 Å². The number of amides is 2. The van der Waals surface area contributed by atoms with E-state index in [0.717, 1.165) is 25.7 Å². The number of nitrogens with zero attached hydrogens (tertiary/aromatic N) is 3. The molecule has 3 rings (SSSR count). The van der Waals surface area contributed by atoms with Crippen LogP contribution < -0.4 is 10.6 Å². The van der Waals surface area contributed by atoms with E-state index in [9.17, 15) is 14.7 Å². The monoisotopic (exact) mass is 487 g/mol. The van der Waals surface area contributed by atoms with Crippen molar-refractivity contribution in [1.29, 1.82) is 0 Å². The zero-order valence-corrected chi connectivity index (χ0v) is 21.0. The lowest BCUT2D eigenvalue weighted by Gasteiger charge is -2.49. The summed E-state index contributed by atoms with van der Waals surface area (Å²) in [5.74, 6) is -1.43. The summed E-state index contributed by atoms with van der Waals surface area (Å²) >= 11 is 0. The molecule has 192 valence electrons. The van der Waals surface area contributed by atoms with Gasteiger partial charge >= 0.3 is 12.0 Å². The molecule has 0 radical (unpaired) electrons. The number of hydrogen-bond acceptors (Lipinski definition) is 5. The zero-order valence-electron chi connectivity index (χ0n) is 21.0. The fourth-order valence-corrected chi connectivity index (χ4v) is 5.26. The number of hydrogen-bond donors (Lipinski definition) is 3. The number of carboxylic acids is 1. The van der Waals surface area contributed by atoms with Crippen molar-refractivity contribution in [2.24, 2.45) is 11.8 Å². The lowest BCUT2D eigenvalue weighted by molar-refractivity contribution is -0.137. The highest BCUT2D eigenvalue weighted by Gasteiger charge is 2.44. The van der Waals surface area contributed by atoms with Crippen LogP contribution >= 0.6 is 0 Å². The molecule has 1 aromatic rings. The van der Waals surface area contributed by atoms with Gasteiger partial charge in [-0.3, -0.25) is 9.69 Å². The first-order chi connectivity index (χ1) is 16.7. The van der Waals surface area contributed by atoms with Crippen LogP contribution in [0.25, 0.3) is 0 Å².